The molecule has 0 unspecified atom stereocenters. The van der Waals surface area contributed by atoms with Crippen LogP contribution in [0.4, 0.5) is 0 Å². The average molecular weight is 378 g/mol. The van der Waals surface area contributed by atoms with Gasteiger partial charge in [0.25, 0.3) is 5.91 Å². The van der Waals surface area contributed by atoms with Gasteiger partial charge < -0.3 is 9.84 Å². The van der Waals surface area contributed by atoms with E-state index in [2.05, 4.69) is 10.3 Å². The molecule has 1 amide bonds. The van der Waals surface area contributed by atoms with Gasteiger partial charge in [0.05, 0.1) is 23.7 Å². The molecule has 0 bridgehead atoms. The standard InChI is InChI=1S/C16H18N4O5S/c1-16(2,3)15(24)25-5-4-19-7-9(17-18-19)6-10-12(21)20-11(14(22)23)8-26-13(10)20/h6-8,13H,4-5H2,1-3H3,(H,22,23)/b10-6-/t13-/m1/s1. The molecule has 0 spiro atoms. The summed E-state index contributed by atoms with van der Waals surface area (Å²) in [5, 5.41) is 18.1. The molecule has 10 heteroatoms. The molecule has 1 atom stereocenters. The number of nitrogens with zero attached hydrogens (tertiary/aromatic N) is 4. The van der Waals surface area contributed by atoms with E-state index in [1.807, 2.05) is 0 Å². The van der Waals surface area contributed by atoms with Crippen LogP contribution in [0, 0.1) is 5.41 Å². The van der Waals surface area contributed by atoms with E-state index in [0.29, 0.717) is 17.8 Å². The molecule has 3 heterocycles. The Balaban J connectivity index is 1.58. The van der Waals surface area contributed by atoms with Crippen LogP contribution in [-0.4, -0.2) is 54.8 Å². The van der Waals surface area contributed by atoms with Crippen molar-refractivity contribution in [3.63, 3.8) is 0 Å². The Bertz CT molecular complexity index is 836. The zero-order valence-electron chi connectivity index (χ0n) is 14.5. The van der Waals surface area contributed by atoms with Crippen molar-refractivity contribution in [3.05, 3.63) is 28.6 Å². The van der Waals surface area contributed by atoms with Crippen LogP contribution < -0.4 is 0 Å². The minimum absolute atomic E-state index is 0.00790. The number of esters is 1. The topological polar surface area (TPSA) is 115 Å². The number of thioether (sulfide) groups is 1. The van der Waals surface area contributed by atoms with Gasteiger partial charge in [-0.15, -0.1) is 16.9 Å². The lowest BCUT2D eigenvalue weighted by atomic mass is 9.97. The molecule has 0 saturated carbocycles. The predicted octanol–water partition coefficient (Wildman–Crippen LogP) is 1.09. The Morgan fingerprint density at radius 3 is 2.81 bits per heavy atom. The van der Waals surface area contributed by atoms with E-state index in [-0.39, 0.29) is 29.6 Å². The molecule has 0 aromatic carbocycles. The van der Waals surface area contributed by atoms with Gasteiger partial charge in [0.1, 0.15) is 23.4 Å². The molecule has 1 saturated heterocycles. The molecule has 0 aliphatic carbocycles. The second-order valence-corrected chi connectivity index (χ2v) is 7.82. The molecular formula is C16H18N4O5S. The predicted molar refractivity (Wildman–Crippen MR) is 92.4 cm³/mol. The monoisotopic (exact) mass is 378 g/mol. The van der Waals surface area contributed by atoms with Gasteiger partial charge >= 0.3 is 11.9 Å². The fourth-order valence-corrected chi connectivity index (χ4v) is 3.48. The number of aliphatic carboxylic acids is 1. The zero-order valence-corrected chi connectivity index (χ0v) is 15.3. The number of hydrogen-bond donors (Lipinski definition) is 1. The van der Waals surface area contributed by atoms with Crippen molar-refractivity contribution in [2.45, 2.75) is 32.7 Å². The van der Waals surface area contributed by atoms with E-state index < -0.39 is 11.4 Å². The van der Waals surface area contributed by atoms with Crippen molar-refractivity contribution in [2.24, 2.45) is 5.41 Å². The van der Waals surface area contributed by atoms with E-state index in [1.54, 1.807) is 33.0 Å². The van der Waals surface area contributed by atoms with E-state index in [1.165, 1.54) is 26.8 Å². The normalized spacial score (nSPS) is 20.7. The highest BCUT2D eigenvalue weighted by Crippen LogP contribution is 2.44. The second-order valence-electron chi connectivity index (χ2n) is 6.86. The summed E-state index contributed by atoms with van der Waals surface area (Å²) < 4.78 is 6.69. The lowest BCUT2D eigenvalue weighted by molar-refractivity contribution is -0.153. The maximum absolute atomic E-state index is 12.1. The van der Waals surface area contributed by atoms with Crippen molar-refractivity contribution in [2.75, 3.05) is 6.61 Å². The van der Waals surface area contributed by atoms with E-state index in [0.717, 1.165) is 0 Å². The SMILES string of the molecule is CC(C)(C)C(=O)OCCn1cc(/C=C2/C(=O)N3C(C(=O)O)=CS[C@H]23)nn1. The average Bonchev–Trinajstić information content (AvgIpc) is 3.16. The number of rotatable bonds is 5. The van der Waals surface area contributed by atoms with Gasteiger partial charge in [0.15, 0.2) is 0 Å². The Morgan fingerprint density at radius 1 is 1.42 bits per heavy atom. The number of carbonyl (C=O) groups excluding carboxylic acids is 2. The van der Waals surface area contributed by atoms with Crippen molar-refractivity contribution >= 4 is 35.7 Å². The van der Waals surface area contributed by atoms with Crippen LogP contribution in [-0.2, 0) is 25.7 Å². The quantitative estimate of drug-likeness (QED) is 0.460. The second kappa shape index (κ2) is 6.60. The number of carbonyl (C=O) groups is 3. The van der Waals surface area contributed by atoms with Crippen LogP contribution in [0.3, 0.4) is 0 Å². The number of hydrogen-bond acceptors (Lipinski definition) is 7. The van der Waals surface area contributed by atoms with Gasteiger partial charge in [-0.25, -0.2) is 9.48 Å². The summed E-state index contributed by atoms with van der Waals surface area (Å²) >= 11 is 1.27. The summed E-state index contributed by atoms with van der Waals surface area (Å²) in [6.07, 6.45) is 3.23. The Labute approximate surface area is 153 Å². The highest BCUT2D eigenvalue weighted by Gasteiger charge is 2.49. The Hall–Kier alpha value is -2.62. The van der Waals surface area contributed by atoms with E-state index in [9.17, 15) is 14.4 Å². The molecule has 1 aromatic rings. The van der Waals surface area contributed by atoms with Crippen molar-refractivity contribution in [1.82, 2.24) is 19.9 Å². The first-order valence-electron chi connectivity index (χ1n) is 7.90. The maximum atomic E-state index is 12.1. The molecule has 1 aromatic heterocycles. The first-order chi connectivity index (χ1) is 12.2. The first-order valence-corrected chi connectivity index (χ1v) is 8.84. The van der Waals surface area contributed by atoms with Gasteiger partial charge in [-0.1, -0.05) is 5.21 Å². The lowest BCUT2D eigenvalue weighted by Gasteiger charge is -2.36. The minimum Gasteiger partial charge on any atom is -0.477 e. The van der Waals surface area contributed by atoms with Gasteiger partial charge in [0.2, 0.25) is 0 Å². The number of β-lactam (4-membered cyclic amide) rings is 1. The summed E-state index contributed by atoms with van der Waals surface area (Å²) in [6.45, 7) is 5.85. The number of ether oxygens (including phenoxy) is 1. The van der Waals surface area contributed by atoms with Crippen LogP contribution in [0.25, 0.3) is 6.08 Å². The van der Waals surface area contributed by atoms with Gasteiger partial charge in [-0.05, 0) is 26.8 Å². The molecular weight excluding hydrogens is 360 g/mol. The van der Waals surface area contributed by atoms with E-state index in [4.69, 9.17) is 9.84 Å². The van der Waals surface area contributed by atoms with Gasteiger partial charge in [0, 0.05) is 5.41 Å². The molecule has 138 valence electrons. The molecule has 0 radical (unpaired) electrons. The molecule has 3 rings (SSSR count). The summed E-state index contributed by atoms with van der Waals surface area (Å²) in [5.41, 5.74) is 0.399. The third kappa shape index (κ3) is 3.36. The van der Waals surface area contributed by atoms with Gasteiger partial charge in [-0.3, -0.25) is 14.5 Å². The fourth-order valence-electron chi connectivity index (χ4n) is 2.36. The highest BCUT2D eigenvalue weighted by atomic mass is 32.2. The molecule has 9 nitrogen and oxygen atoms in total. The number of fused-ring (bicyclic) bond motifs is 1. The molecule has 1 N–H and O–H groups in total. The zero-order chi connectivity index (χ0) is 19.1. The smallest absolute Gasteiger partial charge is 0.353 e. The van der Waals surface area contributed by atoms with Crippen LogP contribution in [0.1, 0.15) is 26.5 Å². The number of carboxylic acid groups (broad SMARTS) is 1. The lowest BCUT2D eigenvalue weighted by Crippen LogP contribution is -2.51. The fraction of sp³-hybridized carbons (Fsp3) is 0.438. The molecule has 1 fully saturated rings. The van der Waals surface area contributed by atoms with Crippen molar-refractivity contribution in [1.29, 1.82) is 0 Å². The summed E-state index contributed by atoms with van der Waals surface area (Å²) in [4.78, 5) is 36.1. The first kappa shape index (κ1) is 18.2. The summed E-state index contributed by atoms with van der Waals surface area (Å²) in [5.74, 6) is -1.76. The van der Waals surface area contributed by atoms with Crippen LogP contribution in [0.5, 0.6) is 0 Å². The largest absolute Gasteiger partial charge is 0.477 e. The Kier molecular flexibility index (Phi) is 4.61. The highest BCUT2D eigenvalue weighted by molar-refractivity contribution is 8.03. The summed E-state index contributed by atoms with van der Waals surface area (Å²) in [7, 11) is 0. The third-order valence-electron chi connectivity index (χ3n) is 3.78. The van der Waals surface area contributed by atoms with Crippen LogP contribution in [0.15, 0.2) is 22.9 Å². The maximum Gasteiger partial charge on any atom is 0.353 e. The molecule has 2 aliphatic heterocycles. The van der Waals surface area contributed by atoms with E-state index >= 15 is 0 Å². The molecule has 2 aliphatic rings. The number of carboxylic acids is 1. The van der Waals surface area contributed by atoms with Crippen LogP contribution >= 0.6 is 11.8 Å². The van der Waals surface area contributed by atoms with Crippen molar-refractivity contribution in [3.8, 4) is 0 Å². The number of aromatic nitrogens is 3. The minimum atomic E-state index is -1.12. The van der Waals surface area contributed by atoms with Gasteiger partial charge in [-0.2, -0.15) is 0 Å². The Morgan fingerprint density at radius 2 is 2.15 bits per heavy atom. The summed E-state index contributed by atoms with van der Waals surface area (Å²) in [6, 6.07) is 0. The molecule has 26 heavy (non-hydrogen) atoms. The third-order valence-corrected chi connectivity index (χ3v) is 4.86. The van der Waals surface area contributed by atoms with Crippen molar-refractivity contribution < 1.29 is 24.2 Å². The number of amides is 1. The van der Waals surface area contributed by atoms with Crippen LogP contribution in [0.2, 0.25) is 0 Å².